The molecule has 0 spiro atoms. The molecule has 2 N–H and O–H groups in total. The van der Waals surface area contributed by atoms with E-state index in [0.29, 0.717) is 12.2 Å². The standard InChI is InChI=1S/C21H22N4O3S/c1-28-17-12-14(5-6-16(17)25-8-10-29-11-9-25)24-19-18(20(26)21(19)27)23-13-15-4-2-3-7-22-15/h2-7,12,23-24H,8-11,13H2,1H3. The van der Waals surface area contributed by atoms with Crippen molar-refractivity contribution in [1.82, 2.24) is 4.98 Å². The topological polar surface area (TPSA) is 83.6 Å². The van der Waals surface area contributed by atoms with E-state index in [0.717, 1.165) is 41.7 Å². The first kappa shape index (κ1) is 19.3. The van der Waals surface area contributed by atoms with Crippen molar-refractivity contribution in [2.24, 2.45) is 0 Å². The molecule has 0 atom stereocenters. The van der Waals surface area contributed by atoms with Crippen LogP contribution in [0.2, 0.25) is 0 Å². The van der Waals surface area contributed by atoms with E-state index in [1.165, 1.54) is 0 Å². The Kier molecular flexibility index (Phi) is 5.71. The van der Waals surface area contributed by atoms with E-state index >= 15 is 0 Å². The van der Waals surface area contributed by atoms with Crippen molar-refractivity contribution in [3.63, 3.8) is 0 Å². The second kappa shape index (κ2) is 8.57. The average Bonchev–Trinajstić information content (AvgIpc) is 2.79. The third kappa shape index (κ3) is 4.07. The molecule has 2 aromatic carbocycles. The summed E-state index contributed by atoms with van der Waals surface area (Å²) in [6, 6.07) is 11.3. The summed E-state index contributed by atoms with van der Waals surface area (Å²) in [4.78, 5) is 30.6. The first-order valence-electron chi connectivity index (χ1n) is 9.42. The number of benzene rings is 1. The highest BCUT2D eigenvalue weighted by atomic mass is 32.2. The Morgan fingerprint density at radius 3 is 2.62 bits per heavy atom. The van der Waals surface area contributed by atoms with Crippen molar-refractivity contribution in [2.75, 3.05) is 47.2 Å². The lowest BCUT2D eigenvalue weighted by molar-refractivity contribution is 0.414. The van der Waals surface area contributed by atoms with Gasteiger partial charge < -0.3 is 20.3 Å². The van der Waals surface area contributed by atoms with Gasteiger partial charge in [0.05, 0.1) is 25.0 Å². The molecule has 3 aromatic rings. The van der Waals surface area contributed by atoms with Crippen LogP contribution in [-0.4, -0.2) is 36.7 Å². The molecule has 0 bridgehead atoms. The smallest absolute Gasteiger partial charge is 0.253 e. The predicted molar refractivity (Wildman–Crippen MR) is 119 cm³/mol. The van der Waals surface area contributed by atoms with Gasteiger partial charge >= 0.3 is 0 Å². The molecular weight excluding hydrogens is 388 g/mol. The Balaban J connectivity index is 1.51. The lowest BCUT2D eigenvalue weighted by Gasteiger charge is -2.30. The van der Waals surface area contributed by atoms with Crippen molar-refractivity contribution >= 4 is 34.5 Å². The Hall–Kier alpha value is -3.00. The predicted octanol–water partition coefficient (Wildman–Crippen LogP) is 2.60. The summed E-state index contributed by atoms with van der Waals surface area (Å²) in [6.07, 6.45) is 1.69. The van der Waals surface area contributed by atoms with Gasteiger partial charge in [-0.1, -0.05) is 6.07 Å². The van der Waals surface area contributed by atoms with Gasteiger partial charge in [-0.2, -0.15) is 11.8 Å². The normalized spacial score (nSPS) is 14.0. The fourth-order valence-corrected chi connectivity index (χ4v) is 4.23. The molecule has 29 heavy (non-hydrogen) atoms. The number of nitrogens with one attached hydrogen (secondary N) is 2. The lowest BCUT2D eigenvalue weighted by Crippen LogP contribution is -2.36. The quantitative estimate of drug-likeness (QED) is 0.575. The van der Waals surface area contributed by atoms with E-state index in [-0.39, 0.29) is 11.4 Å². The van der Waals surface area contributed by atoms with E-state index in [1.54, 1.807) is 13.3 Å². The number of thioether (sulfide) groups is 1. The molecule has 1 aliphatic rings. The molecular formula is C21H22N4O3S. The van der Waals surface area contributed by atoms with Gasteiger partial charge in [-0.3, -0.25) is 14.6 Å². The van der Waals surface area contributed by atoms with Gasteiger partial charge in [0.25, 0.3) is 10.9 Å². The van der Waals surface area contributed by atoms with Crippen LogP contribution in [-0.2, 0) is 6.54 Å². The summed E-state index contributed by atoms with van der Waals surface area (Å²) in [7, 11) is 1.64. The van der Waals surface area contributed by atoms with Crippen molar-refractivity contribution in [2.45, 2.75) is 6.54 Å². The number of anilines is 4. The van der Waals surface area contributed by atoms with Crippen molar-refractivity contribution in [1.29, 1.82) is 0 Å². The van der Waals surface area contributed by atoms with Gasteiger partial charge in [0, 0.05) is 42.5 Å². The minimum absolute atomic E-state index is 0.273. The minimum Gasteiger partial charge on any atom is -0.495 e. The Labute approximate surface area is 172 Å². The van der Waals surface area contributed by atoms with Crippen LogP contribution >= 0.6 is 11.8 Å². The number of hydrogen-bond donors (Lipinski definition) is 2. The summed E-state index contributed by atoms with van der Waals surface area (Å²) in [5, 5.41) is 6.09. The van der Waals surface area contributed by atoms with Crippen LogP contribution in [0.5, 0.6) is 5.75 Å². The molecule has 8 heteroatoms. The van der Waals surface area contributed by atoms with Gasteiger partial charge in [-0.25, -0.2) is 0 Å². The summed E-state index contributed by atoms with van der Waals surface area (Å²) in [6.45, 7) is 2.33. The van der Waals surface area contributed by atoms with Crippen LogP contribution in [0.3, 0.4) is 0 Å². The lowest BCUT2D eigenvalue weighted by atomic mass is 10.1. The molecule has 0 radical (unpaired) electrons. The van der Waals surface area contributed by atoms with Crippen molar-refractivity contribution in [3.05, 3.63) is 68.7 Å². The number of nitrogens with zero attached hydrogens (tertiary/aromatic N) is 2. The largest absolute Gasteiger partial charge is 0.495 e. The molecule has 1 saturated heterocycles. The SMILES string of the molecule is COc1cc(Nc2c(NCc3ccccn3)c(=O)c2=O)ccc1N1CCSCC1. The molecule has 0 saturated carbocycles. The zero-order valence-corrected chi connectivity index (χ0v) is 16.9. The van der Waals surface area contributed by atoms with E-state index in [1.807, 2.05) is 48.2 Å². The summed E-state index contributed by atoms with van der Waals surface area (Å²) >= 11 is 1.95. The van der Waals surface area contributed by atoms with Crippen molar-refractivity contribution < 1.29 is 4.74 Å². The zero-order chi connectivity index (χ0) is 20.2. The molecule has 4 rings (SSSR count). The van der Waals surface area contributed by atoms with Gasteiger partial charge in [0.1, 0.15) is 17.1 Å². The fraction of sp³-hybridized carbons (Fsp3) is 0.286. The third-order valence-corrected chi connectivity index (χ3v) is 5.83. The van der Waals surface area contributed by atoms with Crippen LogP contribution in [0.4, 0.5) is 22.7 Å². The molecule has 1 aliphatic heterocycles. The third-order valence-electron chi connectivity index (χ3n) is 4.88. The second-order valence-electron chi connectivity index (χ2n) is 6.69. The van der Waals surface area contributed by atoms with Crippen LogP contribution in [0, 0.1) is 0 Å². The number of ether oxygens (including phenoxy) is 1. The fourth-order valence-electron chi connectivity index (χ4n) is 3.33. The maximum atomic E-state index is 12.1. The monoisotopic (exact) mass is 410 g/mol. The van der Waals surface area contributed by atoms with Crippen LogP contribution in [0.25, 0.3) is 0 Å². The zero-order valence-electron chi connectivity index (χ0n) is 16.1. The number of hydrogen-bond acceptors (Lipinski definition) is 8. The summed E-state index contributed by atoms with van der Waals surface area (Å²) in [5.41, 5.74) is 2.05. The maximum Gasteiger partial charge on any atom is 0.253 e. The Morgan fingerprint density at radius 1 is 1.10 bits per heavy atom. The number of rotatable bonds is 7. The summed E-state index contributed by atoms with van der Waals surface area (Å²) < 4.78 is 5.57. The molecule has 0 amide bonds. The molecule has 1 aromatic heterocycles. The van der Waals surface area contributed by atoms with Crippen LogP contribution in [0.1, 0.15) is 5.69 Å². The number of pyridine rings is 1. The Bertz CT molecular complexity index is 1060. The minimum atomic E-state index is -0.524. The van der Waals surface area contributed by atoms with Gasteiger partial charge in [-0.15, -0.1) is 0 Å². The molecule has 150 valence electrons. The molecule has 2 heterocycles. The van der Waals surface area contributed by atoms with Gasteiger partial charge in [0.2, 0.25) is 0 Å². The summed E-state index contributed by atoms with van der Waals surface area (Å²) in [5.74, 6) is 2.93. The van der Waals surface area contributed by atoms with E-state index in [4.69, 9.17) is 4.74 Å². The number of methoxy groups -OCH3 is 1. The highest BCUT2D eigenvalue weighted by molar-refractivity contribution is 7.99. The van der Waals surface area contributed by atoms with E-state index in [9.17, 15) is 9.59 Å². The van der Waals surface area contributed by atoms with Gasteiger partial charge in [0.15, 0.2) is 0 Å². The molecule has 1 fully saturated rings. The highest BCUT2D eigenvalue weighted by Gasteiger charge is 2.22. The van der Waals surface area contributed by atoms with Gasteiger partial charge in [-0.05, 0) is 24.3 Å². The highest BCUT2D eigenvalue weighted by Crippen LogP contribution is 2.34. The number of aromatic nitrogens is 1. The Morgan fingerprint density at radius 2 is 1.90 bits per heavy atom. The molecule has 7 nitrogen and oxygen atoms in total. The van der Waals surface area contributed by atoms with E-state index in [2.05, 4.69) is 20.5 Å². The average molecular weight is 410 g/mol. The molecule has 0 unspecified atom stereocenters. The molecule has 0 aliphatic carbocycles. The maximum absolute atomic E-state index is 12.1. The van der Waals surface area contributed by atoms with Crippen LogP contribution in [0.15, 0.2) is 52.2 Å². The van der Waals surface area contributed by atoms with Crippen LogP contribution < -0.4 is 31.1 Å². The van der Waals surface area contributed by atoms with Crippen molar-refractivity contribution in [3.8, 4) is 5.75 Å². The van der Waals surface area contributed by atoms with E-state index < -0.39 is 10.9 Å². The first-order chi connectivity index (χ1) is 14.2. The second-order valence-corrected chi connectivity index (χ2v) is 7.92. The first-order valence-corrected chi connectivity index (χ1v) is 10.6.